The summed E-state index contributed by atoms with van der Waals surface area (Å²) in [6.45, 7) is 0.943. The predicted molar refractivity (Wildman–Crippen MR) is 63.1 cm³/mol. The third-order valence-corrected chi connectivity index (χ3v) is 3.61. The van der Waals surface area contributed by atoms with Crippen molar-refractivity contribution in [2.75, 3.05) is 6.26 Å². The van der Waals surface area contributed by atoms with Crippen LogP contribution in [-0.2, 0) is 6.54 Å². The van der Waals surface area contributed by atoms with E-state index in [0.29, 0.717) is 0 Å². The molecule has 3 heteroatoms. The van der Waals surface area contributed by atoms with Gasteiger partial charge in [-0.1, -0.05) is 17.7 Å². The predicted octanol–water partition coefficient (Wildman–Crippen LogP) is 3.31. The van der Waals surface area contributed by atoms with E-state index in [0.717, 1.165) is 22.5 Å². The highest BCUT2D eigenvalue weighted by Crippen LogP contribution is 2.26. The average molecular weight is 228 g/mol. The minimum absolute atomic E-state index is 0.758. The van der Waals surface area contributed by atoms with Crippen LogP contribution in [0.3, 0.4) is 0 Å². The van der Waals surface area contributed by atoms with Crippen LogP contribution in [0.2, 0.25) is 5.02 Å². The molecule has 0 unspecified atom stereocenters. The van der Waals surface area contributed by atoms with Crippen LogP contribution >= 0.6 is 23.4 Å². The fourth-order valence-electron chi connectivity index (χ4n) is 1.37. The van der Waals surface area contributed by atoms with Gasteiger partial charge in [-0.2, -0.15) is 0 Å². The molecule has 1 aliphatic rings. The van der Waals surface area contributed by atoms with Gasteiger partial charge in [0.15, 0.2) is 0 Å². The maximum absolute atomic E-state index is 6.11. The minimum Gasteiger partial charge on any atom is -0.310 e. The van der Waals surface area contributed by atoms with Crippen molar-refractivity contribution in [1.82, 2.24) is 5.32 Å². The van der Waals surface area contributed by atoms with E-state index >= 15 is 0 Å². The van der Waals surface area contributed by atoms with Gasteiger partial charge in [-0.25, -0.2) is 0 Å². The van der Waals surface area contributed by atoms with Crippen LogP contribution < -0.4 is 5.32 Å². The topological polar surface area (TPSA) is 12.0 Å². The fourth-order valence-corrected chi connectivity index (χ4v) is 2.26. The number of hydrogen-bond donors (Lipinski definition) is 1. The summed E-state index contributed by atoms with van der Waals surface area (Å²) in [5.41, 5.74) is 1.28. The Kier molecular flexibility index (Phi) is 3.37. The first-order valence-electron chi connectivity index (χ1n) is 4.85. The minimum atomic E-state index is 0.758. The van der Waals surface area contributed by atoms with Crippen LogP contribution in [0.15, 0.2) is 23.1 Å². The van der Waals surface area contributed by atoms with Crippen LogP contribution in [-0.4, -0.2) is 12.3 Å². The van der Waals surface area contributed by atoms with Crippen molar-refractivity contribution in [1.29, 1.82) is 0 Å². The molecule has 14 heavy (non-hydrogen) atoms. The number of hydrogen-bond acceptors (Lipinski definition) is 2. The van der Waals surface area contributed by atoms with Gasteiger partial charge in [-0.3, -0.25) is 0 Å². The van der Waals surface area contributed by atoms with Gasteiger partial charge in [0.1, 0.15) is 0 Å². The molecule has 0 aromatic heterocycles. The molecular formula is C11H14ClNS. The zero-order valence-electron chi connectivity index (χ0n) is 8.22. The summed E-state index contributed by atoms with van der Waals surface area (Å²) in [4.78, 5) is 1.15. The summed E-state index contributed by atoms with van der Waals surface area (Å²) in [6, 6.07) is 7.06. The Morgan fingerprint density at radius 2 is 2.29 bits per heavy atom. The lowest BCUT2D eigenvalue weighted by Crippen LogP contribution is -2.15. The second-order valence-corrected chi connectivity index (χ2v) is 4.88. The lowest BCUT2D eigenvalue weighted by Gasteiger charge is -2.05. The first-order valence-corrected chi connectivity index (χ1v) is 6.45. The van der Waals surface area contributed by atoms with E-state index in [4.69, 9.17) is 11.6 Å². The monoisotopic (exact) mass is 227 g/mol. The second-order valence-electron chi connectivity index (χ2n) is 3.62. The standard InChI is InChI=1S/C11H14ClNS/c1-14-11-5-2-8(6-10(11)12)7-13-9-3-4-9/h2,5-6,9,13H,3-4,7H2,1H3. The molecule has 1 aliphatic carbocycles. The SMILES string of the molecule is CSc1ccc(CNC2CC2)cc1Cl. The van der Waals surface area contributed by atoms with E-state index in [9.17, 15) is 0 Å². The van der Waals surface area contributed by atoms with Gasteiger partial charge in [0, 0.05) is 17.5 Å². The molecule has 1 aromatic rings. The van der Waals surface area contributed by atoms with Crippen molar-refractivity contribution in [3.8, 4) is 0 Å². The molecule has 0 amide bonds. The Morgan fingerprint density at radius 3 is 2.86 bits per heavy atom. The molecule has 76 valence electrons. The van der Waals surface area contributed by atoms with Crippen molar-refractivity contribution in [3.63, 3.8) is 0 Å². The van der Waals surface area contributed by atoms with E-state index in [1.54, 1.807) is 11.8 Å². The second kappa shape index (κ2) is 4.56. The Morgan fingerprint density at radius 1 is 1.50 bits per heavy atom. The van der Waals surface area contributed by atoms with Crippen LogP contribution in [0.1, 0.15) is 18.4 Å². The summed E-state index contributed by atoms with van der Waals surface area (Å²) >= 11 is 7.80. The van der Waals surface area contributed by atoms with Gasteiger partial charge < -0.3 is 5.32 Å². The molecule has 1 N–H and O–H groups in total. The highest BCUT2D eigenvalue weighted by Gasteiger charge is 2.19. The molecule has 1 aromatic carbocycles. The van der Waals surface area contributed by atoms with Gasteiger partial charge in [0.05, 0.1) is 5.02 Å². The van der Waals surface area contributed by atoms with E-state index in [2.05, 4.69) is 23.5 Å². The number of halogens is 1. The fraction of sp³-hybridized carbons (Fsp3) is 0.455. The van der Waals surface area contributed by atoms with E-state index in [1.807, 2.05) is 6.26 Å². The Bertz CT molecular complexity index is 323. The smallest absolute Gasteiger partial charge is 0.0544 e. The normalized spacial score (nSPS) is 15.9. The largest absolute Gasteiger partial charge is 0.310 e. The molecule has 0 bridgehead atoms. The third kappa shape index (κ3) is 2.66. The van der Waals surface area contributed by atoms with Gasteiger partial charge in [-0.05, 0) is 36.8 Å². The van der Waals surface area contributed by atoms with Crippen LogP contribution in [0, 0.1) is 0 Å². The van der Waals surface area contributed by atoms with Crippen molar-refractivity contribution in [2.45, 2.75) is 30.3 Å². The third-order valence-electron chi connectivity index (χ3n) is 2.39. The Hall–Kier alpha value is -0.180. The molecule has 0 radical (unpaired) electrons. The number of rotatable bonds is 4. The first-order chi connectivity index (χ1) is 6.79. The summed E-state index contributed by atoms with van der Waals surface area (Å²) in [6.07, 6.45) is 4.70. The lowest BCUT2D eigenvalue weighted by atomic mass is 10.2. The van der Waals surface area contributed by atoms with E-state index in [-0.39, 0.29) is 0 Å². The summed E-state index contributed by atoms with van der Waals surface area (Å²) < 4.78 is 0. The lowest BCUT2D eigenvalue weighted by molar-refractivity contribution is 0.687. The summed E-state index contributed by atoms with van der Waals surface area (Å²) in [5.74, 6) is 0. The Balaban J connectivity index is 1.99. The molecule has 1 nitrogen and oxygen atoms in total. The molecule has 0 aliphatic heterocycles. The van der Waals surface area contributed by atoms with Gasteiger partial charge in [0.2, 0.25) is 0 Å². The van der Waals surface area contributed by atoms with Gasteiger partial charge >= 0.3 is 0 Å². The Labute approximate surface area is 94.2 Å². The molecule has 0 spiro atoms. The van der Waals surface area contributed by atoms with Gasteiger partial charge in [0.25, 0.3) is 0 Å². The van der Waals surface area contributed by atoms with E-state index < -0.39 is 0 Å². The van der Waals surface area contributed by atoms with Crippen molar-refractivity contribution >= 4 is 23.4 Å². The van der Waals surface area contributed by atoms with Crippen LogP contribution in [0.5, 0.6) is 0 Å². The average Bonchev–Trinajstić information content (AvgIpc) is 2.98. The summed E-state index contributed by atoms with van der Waals surface area (Å²) in [5, 5.41) is 4.34. The van der Waals surface area contributed by atoms with Crippen LogP contribution in [0.25, 0.3) is 0 Å². The molecule has 0 saturated heterocycles. The number of benzene rings is 1. The van der Waals surface area contributed by atoms with E-state index in [1.165, 1.54) is 18.4 Å². The first kappa shape index (κ1) is 10.3. The van der Waals surface area contributed by atoms with Crippen molar-refractivity contribution in [3.05, 3.63) is 28.8 Å². The van der Waals surface area contributed by atoms with Crippen LogP contribution in [0.4, 0.5) is 0 Å². The number of nitrogens with one attached hydrogen (secondary N) is 1. The summed E-state index contributed by atoms with van der Waals surface area (Å²) in [7, 11) is 0. The molecule has 2 rings (SSSR count). The van der Waals surface area contributed by atoms with Crippen molar-refractivity contribution in [2.24, 2.45) is 0 Å². The zero-order chi connectivity index (χ0) is 9.97. The van der Waals surface area contributed by atoms with Gasteiger partial charge in [-0.15, -0.1) is 11.8 Å². The molecule has 0 atom stereocenters. The molecular weight excluding hydrogens is 214 g/mol. The van der Waals surface area contributed by atoms with Crippen molar-refractivity contribution < 1.29 is 0 Å². The maximum Gasteiger partial charge on any atom is 0.0544 e. The highest BCUT2D eigenvalue weighted by molar-refractivity contribution is 7.98. The molecule has 1 fully saturated rings. The highest BCUT2D eigenvalue weighted by atomic mass is 35.5. The quantitative estimate of drug-likeness (QED) is 0.793. The maximum atomic E-state index is 6.11. The molecule has 0 heterocycles. The number of thioether (sulfide) groups is 1. The molecule has 1 saturated carbocycles. The zero-order valence-corrected chi connectivity index (χ0v) is 9.79.